The van der Waals surface area contributed by atoms with E-state index in [9.17, 15) is 0 Å². The quantitative estimate of drug-likeness (QED) is 0.142. The maximum atomic E-state index is 5.17. The molecule has 6 aromatic carbocycles. The Hall–Kier alpha value is -7.39. The summed E-state index contributed by atoms with van der Waals surface area (Å²) in [5.74, 6) is 5.84. The molecule has 0 radical (unpaired) electrons. The van der Waals surface area contributed by atoms with E-state index in [0.29, 0.717) is 40.8 Å². The van der Waals surface area contributed by atoms with Crippen LogP contribution in [0.1, 0.15) is 51.2 Å². The predicted molar refractivity (Wildman–Crippen MR) is 230 cm³/mol. The molecule has 0 aliphatic carbocycles. The minimum Gasteiger partial charge on any atom is -0.213 e. The van der Waals surface area contributed by atoms with Crippen LogP contribution in [-0.2, 0) is 0 Å². The lowest BCUT2D eigenvalue weighted by molar-refractivity contribution is 0.766. The Morgan fingerprint density at radius 2 is 0.621 bits per heavy atom. The highest BCUT2D eigenvalue weighted by atomic mass is 15.1. The zero-order valence-electron chi connectivity index (χ0n) is 32.6. The van der Waals surface area contributed by atoms with Crippen LogP contribution in [0.4, 0.5) is 0 Å². The van der Waals surface area contributed by atoms with Crippen molar-refractivity contribution >= 4 is 10.8 Å². The van der Waals surface area contributed by atoms with Gasteiger partial charge in [0.05, 0.1) is 0 Å². The summed E-state index contributed by atoms with van der Waals surface area (Å²) in [6, 6.07) is 50.6. The molecule has 0 N–H and O–H groups in total. The molecule has 0 aliphatic rings. The number of rotatable bonds is 9. The Kier molecular flexibility index (Phi) is 9.77. The van der Waals surface area contributed by atoms with Crippen LogP contribution < -0.4 is 0 Å². The number of hydrogen-bond acceptors (Lipinski definition) is 9. The van der Waals surface area contributed by atoms with E-state index in [0.717, 1.165) is 61.4 Å². The maximum Gasteiger partial charge on any atom is 0.164 e. The van der Waals surface area contributed by atoms with Gasteiger partial charge in [0.25, 0.3) is 0 Å². The fraction of sp³-hybridized carbons (Fsp3) is 0.122. The second kappa shape index (κ2) is 15.6. The molecule has 0 spiro atoms. The first kappa shape index (κ1) is 36.3. The molecule has 0 aliphatic heterocycles. The fourth-order valence-corrected chi connectivity index (χ4v) is 6.73. The van der Waals surface area contributed by atoms with Crippen molar-refractivity contribution in [2.45, 2.75) is 39.5 Å². The number of hydrogen-bond donors (Lipinski definition) is 0. The molecule has 58 heavy (non-hydrogen) atoms. The number of fused-ring (bicyclic) bond motifs is 1. The zero-order chi connectivity index (χ0) is 39.6. The minimum absolute atomic E-state index is 0.100. The van der Waals surface area contributed by atoms with E-state index in [1.54, 1.807) is 0 Å². The van der Waals surface area contributed by atoms with Crippen molar-refractivity contribution in [2.24, 2.45) is 0 Å². The van der Waals surface area contributed by atoms with E-state index >= 15 is 0 Å². The molecular formula is C49H39N9. The van der Waals surface area contributed by atoms with Gasteiger partial charge in [-0.25, -0.2) is 44.9 Å². The molecule has 9 rings (SSSR count). The highest BCUT2D eigenvalue weighted by Gasteiger charge is 2.19. The second-order valence-corrected chi connectivity index (χ2v) is 14.7. The minimum atomic E-state index is 0.100. The van der Waals surface area contributed by atoms with Gasteiger partial charge in [-0.05, 0) is 22.9 Å². The molecule has 0 saturated heterocycles. The Morgan fingerprint density at radius 3 is 1.03 bits per heavy atom. The van der Waals surface area contributed by atoms with Crippen LogP contribution in [0, 0.1) is 0 Å². The summed E-state index contributed by atoms with van der Waals surface area (Å²) in [6.07, 6.45) is 0. The molecule has 0 unspecified atom stereocenters. The Bertz CT molecular complexity index is 2880. The summed E-state index contributed by atoms with van der Waals surface area (Å²) >= 11 is 0. The van der Waals surface area contributed by atoms with Gasteiger partial charge in [0.2, 0.25) is 0 Å². The molecule has 0 amide bonds. The van der Waals surface area contributed by atoms with Gasteiger partial charge in [0, 0.05) is 50.8 Å². The van der Waals surface area contributed by atoms with Crippen molar-refractivity contribution in [1.82, 2.24) is 44.9 Å². The number of aromatic nitrogens is 9. The maximum absolute atomic E-state index is 5.17. The van der Waals surface area contributed by atoms with Crippen LogP contribution in [0.15, 0.2) is 152 Å². The van der Waals surface area contributed by atoms with Gasteiger partial charge >= 0.3 is 0 Å². The monoisotopic (exact) mass is 753 g/mol. The molecule has 9 aromatic rings. The predicted octanol–water partition coefficient (Wildman–Crippen LogP) is 11.3. The molecule has 9 nitrogen and oxygen atoms in total. The first-order valence-corrected chi connectivity index (χ1v) is 19.4. The van der Waals surface area contributed by atoms with E-state index < -0.39 is 0 Å². The first-order valence-electron chi connectivity index (χ1n) is 19.4. The van der Waals surface area contributed by atoms with Crippen LogP contribution in [0.2, 0.25) is 0 Å². The van der Waals surface area contributed by atoms with Crippen LogP contribution in [0.25, 0.3) is 90.5 Å². The van der Waals surface area contributed by atoms with Crippen molar-refractivity contribution in [1.29, 1.82) is 0 Å². The van der Waals surface area contributed by atoms with Crippen molar-refractivity contribution < 1.29 is 0 Å². The molecule has 9 heteroatoms. The van der Waals surface area contributed by atoms with Crippen LogP contribution in [0.5, 0.6) is 0 Å². The third kappa shape index (κ3) is 7.45. The fourth-order valence-electron chi connectivity index (χ4n) is 6.73. The van der Waals surface area contributed by atoms with E-state index in [1.165, 1.54) is 0 Å². The Morgan fingerprint density at radius 1 is 0.293 bits per heavy atom. The van der Waals surface area contributed by atoms with E-state index in [1.807, 2.05) is 127 Å². The molecule has 0 fully saturated rings. The molecule has 0 atom stereocenters. The van der Waals surface area contributed by atoms with Crippen LogP contribution in [-0.4, -0.2) is 44.9 Å². The molecule has 3 heterocycles. The van der Waals surface area contributed by atoms with E-state index in [4.69, 9.17) is 44.9 Å². The van der Waals surface area contributed by atoms with Gasteiger partial charge in [-0.3, -0.25) is 0 Å². The standard InChI is InChI=1S/C49H39N9/c1-30(2)41-50-43(32-16-8-5-9-17-32)54-46(52-41)35-24-26-36(27-25-35)47-55-45(34-20-12-7-13-21-34)57-49(58-47)40-29-38(28-37-22-14-15-23-39(37)40)48-53-42(31(3)4)51-44(56-48)33-18-10-6-11-19-33/h5-31H,1-4H3. The molecule has 280 valence electrons. The van der Waals surface area contributed by atoms with Gasteiger partial charge in [-0.2, -0.15) is 0 Å². The highest BCUT2D eigenvalue weighted by molar-refractivity contribution is 5.98. The van der Waals surface area contributed by atoms with Crippen molar-refractivity contribution in [3.63, 3.8) is 0 Å². The summed E-state index contributed by atoms with van der Waals surface area (Å²) in [5, 5.41) is 2.02. The van der Waals surface area contributed by atoms with Crippen LogP contribution >= 0.6 is 0 Å². The van der Waals surface area contributed by atoms with Crippen molar-refractivity contribution in [3.05, 3.63) is 163 Å². The summed E-state index contributed by atoms with van der Waals surface area (Å²) in [7, 11) is 0. The lowest BCUT2D eigenvalue weighted by Crippen LogP contribution is -2.05. The van der Waals surface area contributed by atoms with Crippen LogP contribution in [0.3, 0.4) is 0 Å². The van der Waals surface area contributed by atoms with Crippen molar-refractivity contribution in [2.75, 3.05) is 0 Å². The lowest BCUT2D eigenvalue weighted by atomic mass is 9.99. The average molecular weight is 754 g/mol. The van der Waals surface area contributed by atoms with Gasteiger partial charge in [-0.15, -0.1) is 0 Å². The first-order chi connectivity index (χ1) is 28.4. The average Bonchev–Trinajstić information content (AvgIpc) is 3.29. The van der Waals surface area contributed by atoms with E-state index in [2.05, 4.69) is 52.0 Å². The smallest absolute Gasteiger partial charge is 0.164 e. The van der Waals surface area contributed by atoms with Gasteiger partial charge in [0.1, 0.15) is 11.6 Å². The number of benzene rings is 6. The topological polar surface area (TPSA) is 116 Å². The lowest BCUT2D eigenvalue weighted by Gasteiger charge is -2.14. The summed E-state index contributed by atoms with van der Waals surface area (Å²) in [5.41, 5.74) is 6.15. The Labute approximate surface area is 337 Å². The molecule has 0 bridgehead atoms. The molecular weight excluding hydrogens is 715 g/mol. The number of nitrogens with zero attached hydrogens (tertiary/aromatic N) is 9. The van der Waals surface area contributed by atoms with Gasteiger partial charge in [-0.1, -0.05) is 167 Å². The van der Waals surface area contributed by atoms with Gasteiger partial charge in [0.15, 0.2) is 40.8 Å². The SMILES string of the molecule is CC(C)c1nc(-c2ccccc2)nc(-c2ccc(-c3nc(-c4ccccc4)nc(-c4cc(-c5nc(-c6ccccc6)nc(C(C)C)n5)cc5ccccc45)n3)cc2)n1. The Balaban J connectivity index is 1.18. The summed E-state index contributed by atoms with van der Waals surface area (Å²) in [6.45, 7) is 8.37. The third-order valence-electron chi connectivity index (χ3n) is 9.83. The summed E-state index contributed by atoms with van der Waals surface area (Å²) in [4.78, 5) is 44.7. The molecule has 0 saturated carbocycles. The normalized spacial score (nSPS) is 11.4. The summed E-state index contributed by atoms with van der Waals surface area (Å²) < 4.78 is 0. The molecule has 3 aromatic heterocycles. The third-order valence-corrected chi connectivity index (χ3v) is 9.83. The largest absolute Gasteiger partial charge is 0.213 e. The zero-order valence-corrected chi connectivity index (χ0v) is 32.6. The highest BCUT2D eigenvalue weighted by Crippen LogP contribution is 2.35. The van der Waals surface area contributed by atoms with Crippen molar-refractivity contribution in [3.8, 4) is 79.7 Å². The second-order valence-electron chi connectivity index (χ2n) is 14.7. The van der Waals surface area contributed by atoms with Gasteiger partial charge < -0.3 is 0 Å². The van der Waals surface area contributed by atoms with E-state index in [-0.39, 0.29) is 11.8 Å².